The van der Waals surface area contributed by atoms with E-state index in [1.54, 1.807) is 48.5 Å². The van der Waals surface area contributed by atoms with Crippen LogP contribution in [0.1, 0.15) is 58.0 Å². The van der Waals surface area contributed by atoms with E-state index in [0.29, 0.717) is 29.9 Å². The minimum absolute atomic E-state index is 0.184. The van der Waals surface area contributed by atoms with Gasteiger partial charge in [-0.05, 0) is 85.6 Å². The zero-order valence-electron chi connectivity index (χ0n) is 21.5. The Hall–Kier alpha value is -4.97. The molecule has 0 aromatic heterocycles. The number of carbonyl (C=O) groups excluding carboxylic acids is 3. The number of ether oxygens (including phenoxy) is 2. The summed E-state index contributed by atoms with van der Waals surface area (Å²) >= 11 is 0. The van der Waals surface area contributed by atoms with E-state index >= 15 is 0 Å². The summed E-state index contributed by atoms with van der Waals surface area (Å²) in [5.74, 6) is 23.1. The molecule has 1 unspecified atom stereocenters. The number of Topliss-reactive ketones (excluding diaryl/α,β-unsaturated/α-hetero) is 1. The summed E-state index contributed by atoms with van der Waals surface area (Å²) in [7, 11) is 2.71. The summed E-state index contributed by atoms with van der Waals surface area (Å²) in [5.41, 5.74) is 4.03. The second kappa shape index (κ2) is 13.9. The molecule has 0 radical (unpaired) electrons. The molecule has 2 aromatic carbocycles. The molecule has 0 heterocycles. The van der Waals surface area contributed by atoms with Crippen molar-refractivity contribution in [1.29, 1.82) is 0 Å². The van der Waals surface area contributed by atoms with E-state index in [1.807, 2.05) is 0 Å². The van der Waals surface area contributed by atoms with Crippen molar-refractivity contribution < 1.29 is 23.9 Å². The largest absolute Gasteiger partial charge is 0.465 e. The molecule has 38 heavy (non-hydrogen) atoms. The maximum absolute atomic E-state index is 11.2. The summed E-state index contributed by atoms with van der Waals surface area (Å²) < 4.78 is 9.23. The number of carbonyl (C=O) groups is 3. The summed E-state index contributed by atoms with van der Waals surface area (Å²) in [4.78, 5) is 33.2. The average molecular weight is 503 g/mol. The summed E-state index contributed by atoms with van der Waals surface area (Å²) in [5, 5.41) is 0. The molecule has 1 saturated carbocycles. The molecule has 2 aliphatic rings. The van der Waals surface area contributed by atoms with Crippen LogP contribution in [0.2, 0.25) is 0 Å². The van der Waals surface area contributed by atoms with Crippen molar-refractivity contribution in [2.24, 2.45) is 11.8 Å². The second-order valence-electron chi connectivity index (χ2n) is 8.64. The smallest absolute Gasteiger partial charge is 0.337 e. The van der Waals surface area contributed by atoms with Crippen LogP contribution in [0.4, 0.5) is 0 Å². The van der Waals surface area contributed by atoms with Crippen molar-refractivity contribution in [1.82, 2.24) is 0 Å². The van der Waals surface area contributed by atoms with Crippen LogP contribution in [-0.4, -0.2) is 31.9 Å². The Kier molecular flexibility index (Phi) is 10.1. The Morgan fingerprint density at radius 3 is 1.55 bits per heavy atom. The normalized spacial score (nSPS) is 14.7. The monoisotopic (exact) mass is 502 g/mol. The first kappa shape index (κ1) is 27.6. The third kappa shape index (κ3) is 8.60. The molecule has 0 bridgehead atoms. The highest BCUT2D eigenvalue weighted by Gasteiger charge is 2.24. The highest BCUT2D eigenvalue weighted by atomic mass is 16.5. The van der Waals surface area contributed by atoms with Gasteiger partial charge >= 0.3 is 11.9 Å². The number of methoxy groups -OCH3 is 2. The maximum atomic E-state index is 11.2. The van der Waals surface area contributed by atoms with Gasteiger partial charge in [-0.25, -0.2) is 9.59 Å². The summed E-state index contributed by atoms with van der Waals surface area (Å²) in [6.45, 7) is 2.10. The van der Waals surface area contributed by atoms with Gasteiger partial charge in [0, 0.05) is 35.8 Å². The molecule has 0 aliphatic heterocycles. The predicted octanol–water partition coefficient (Wildman–Crippen LogP) is 4.60. The highest BCUT2D eigenvalue weighted by molar-refractivity contribution is 5.90. The minimum Gasteiger partial charge on any atom is -0.465 e. The first-order chi connectivity index (χ1) is 18.4. The van der Waals surface area contributed by atoms with Crippen LogP contribution in [0.15, 0.2) is 60.2 Å². The molecule has 188 valence electrons. The number of hydrogen-bond acceptors (Lipinski definition) is 5. The van der Waals surface area contributed by atoms with Crippen molar-refractivity contribution in [3.8, 4) is 47.4 Å². The number of allylic oxidation sites excluding steroid dienone is 2. The van der Waals surface area contributed by atoms with Crippen LogP contribution in [0.5, 0.6) is 0 Å². The number of hydrogen-bond donors (Lipinski definition) is 0. The lowest BCUT2D eigenvalue weighted by atomic mass is 9.85. The standard InChI is InChI=1S/C17H14O2.C16H12O3/c1-13-11-15(12-13)6-4-3-5-14-7-9-16(10-8-14)17(18)19-2;1-19-16(18)14-8-6-12(7-9-14)4-2-3-5-13-10-15(17)11-13/h7-11,15H,12H2,1-2H3;6-9,13H,10-11H2,1H3. The van der Waals surface area contributed by atoms with E-state index in [1.165, 1.54) is 19.8 Å². The van der Waals surface area contributed by atoms with Crippen LogP contribution < -0.4 is 0 Å². The van der Waals surface area contributed by atoms with E-state index in [2.05, 4.69) is 69.8 Å². The molecule has 0 amide bonds. The average Bonchev–Trinajstić information content (AvgIpc) is 2.91. The van der Waals surface area contributed by atoms with Gasteiger partial charge < -0.3 is 9.47 Å². The van der Waals surface area contributed by atoms with Gasteiger partial charge in [0.15, 0.2) is 0 Å². The van der Waals surface area contributed by atoms with E-state index in [0.717, 1.165) is 17.5 Å². The Morgan fingerprint density at radius 2 is 1.16 bits per heavy atom. The van der Waals surface area contributed by atoms with E-state index in [4.69, 9.17) is 0 Å². The second-order valence-corrected chi connectivity index (χ2v) is 8.64. The SMILES string of the molecule is COC(=O)c1ccc(C#CC#CC2C=C(C)C2)cc1.COC(=O)c1ccc(C#CC#CC2CC(=O)C2)cc1. The molecule has 2 aromatic rings. The Balaban J connectivity index is 0.000000211. The molecule has 5 heteroatoms. The molecular weight excluding hydrogens is 476 g/mol. The third-order valence-corrected chi connectivity index (χ3v) is 5.66. The van der Waals surface area contributed by atoms with Crippen LogP contribution >= 0.6 is 0 Å². The number of esters is 2. The Morgan fingerprint density at radius 1 is 0.711 bits per heavy atom. The zero-order valence-corrected chi connectivity index (χ0v) is 21.5. The van der Waals surface area contributed by atoms with Gasteiger partial charge in [-0.1, -0.05) is 35.3 Å². The van der Waals surface area contributed by atoms with Crippen molar-refractivity contribution in [3.05, 3.63) is 82.4 Å². The molecule has 0 spiro atoms. The zero-order chi connectivity index (χ0) is 27.3. The predicted molar refractivity (Wildman–Crippen MR) is 144 cm³/mol. The first-order valence-corrected chi connectivity index (χ1v) is 12.0. The van der Waals surface area contributed by atoms with Gasteiger partial charge in [0.1, 0.15) is 5.78 Å². The number of ketones is 1. The number of benzene rings is 2. The van der Waals surface area contributed by atoms with Crippen LogP contribution in [0, 0.1) is 59.2 Å². The van der Waals surface area contributed by atoms with Gasteiger partial charge in [0.05, 0.1) is 25.3 Å². The first-order valence-electron chi connectivity index (χ1n) is 12.0. The van der Waals surface area contributed by atoms with Crippen LogP contribution in [0.3, 0.4) is 0 Å². The lowest BCUT2D eigenvalue weighted by molar-refractivity contribution is -0.125. The van der Waals surface area contributed by atoms with Crippen molar-refractivity contribution >= 4 is 17.7 Å². The van der Waals surface area contributed by atoms with Crippen LogP contribution in [0.25, 0.3) is 0 Å². The summed E-state index contributed by atoms with van der Waals surface area (Å²) in [6.07, 6.45) is 4.33. The quantitative estimate of drug-likeness (QED) is 0.341. The van der Waals surface area contributed by atoms with Gasteiger partial charge in [-0.2, -0.15) is 0 Å². The fraction of sp³-hybridized carbons (Fsp3) is 0.242. The Bertz CT molecular complexity index is 1470. The molecule has 1 fully saturated rings. The molecule has 1 atom stereocenters. The lowest BCUT2D eigenvalue weighted by Crippen LogP contribution is -2.21. The van der Waals surface area contributed by atoms with Gasteiger partial charge in [-0.3, -0.25) is 4.79 Å². The van der Waals surface area contributed by atoms with E-state index in [9.17, 15) is 14.4 Å². The molecule has 4 rings (SSSR count). The summed E-state index contributed by atoms with van der Waals surface area (Å²) in [6, 6.07) is 13.8. The van der Waals surface area contributed by atoms with Gasteiger partial charge in [0.2, 0.25) is 0 Å². The lowest BCUT2D eigenvalue weighted by Gasteiger charge is -2.16. The van der Waals surface area contributed by atoms with Crippen LogP contribution in [-0.2, 0) is 14.3 Å². The van der Waals surface area contributed by atoms with E-state index in [-0.39, 0.29) is 23.6 Å². The van der Waals surface area contributed by atoms with E-state index < -0.39 is 0 Å². The van der Waals surface area contributed by atoms with Crippen molar-refractivity contribution in [2.45, 2.75) is 26.2 Å². The fourth-order valence-corrected chi connectivity index (χ4v) is 3.43. The maximum Gasteiger partial charge on any atom is 0.337 e. The van der Waals surface area contributed by atoms with Crippen molar-refractivity contribution in [3.63, 3.8) is 0 Å². The molecule has 5 nitrogen and oxygen atoms in total. The molecular formula is C33H26O5. The fourth-order valence-electron chi connectivity index (χ4n) is 3.43. The molecule has 0 saturated heterocycles. The van der Waals surface area contributed by atoms with Gasteiger partial charge in [0.25, 0.3) is 0 Å². The molecule has 0 N–H and O–H groups in total. The minimum atomic E-state index is -0.367. The molecule has 2 aliphatic carbocycles. The van der Waals surface area contributed by atoms with Gasteiger partial charge in [-0.15, -0.1) is 0 Å². The topological polar surface area (TPSA) is 69.7 Å². The van der Waals surface area contributed by atoms with Crippen molar-refractivity contribution in [2.75, 3.05) is 14.2 Å². The highest BCUT2D eigenvalue weighted by Crippen LogP contribution is 2.23. The number of rotatable bonds is 2. The Labute approximate surface area is 223 Å². The third-order valence-electron chi connectivity index (χ3n) is 5.66.